The van der Waals surface area contributed by atoms with Crippen LogP contribution < -0.4 is 10.0 Å². The summed E-state index contributed by atoms with van der Waals surface area (Å²) in [4.78, 5) is 31.1. The van der Waals surface area contributed by atoms with E-state index in [2.05, 4.69) is 11.1 Å². The second-order valence-corrected chi connectivity index (χ2v) is 10.2. The molecule has 3 aromatic rings. The molecule has 1 fully saturated rings. The van der Waals surface area contributed by atoms with Gasteiger partial charge in [-0.2, -0.15) is 5.26 Å². The van der Waals surface area contributed by atoms with Crippen LogP contribution in [0.1, 0.15) is 17.5 Å². The number of hydrogen-bond donors (Lipinski definition) is 1. The summed E-state index contributed by atoms with van der Waals surface area (Å²) in [6, 6.07) is 18.5. The number of carbonyl (C=O) groups is 2. The smallest absolute Gasteiger partial charge is 0.247 e. The van der Waals surface area contributed by atoms with Crippen LogP contribution in [0.5, 0.6) is 0 Å². The van der Waals surface area contributed by atoms with E-state index in [0.717, 1.165) is 27.8 Å². The zero-order chi connectivity index (χ0) is 23.8. The van der Waals surface area contributed by atoms with E-state index in [1.165, 1.54) is 24.3 Å². The molecule has 0 saturated carbocycles. The number of primary sulfonamides is 1. The van der Waals surface area contributed by atoms with Gasteiger partial charge in [0, 0.05) is 12.0 Å². The number of nitriles is 1. The van der Waals surface area contributed by atoms with Gasteiger partial charge in [-0.25, -0.2) is 23.4 Å². The summed E-state index contributed by atoms with van der Waals surface area (Å²) in [5.41, 5.74) is 3.20. The van der Waals surface area contributed by atoms with Crippen LogP contribution in [0.25, 0.3) is 11.3 Å². The van der Waals surface area contributed by atoms with Gasteiger partial charge in [-0.05, 0) is 43.3 Å². The third-order valence-electron chi connectivity index (χ3n) is 5.11. The van der Waals surface area contributed by atoms with Crippen molar-refractivity contribution in [2.75, 3.05) is 4.90 Å². The Kier molecular flexibility index (Phi) is 6.03. The van der Waals surface area contributed by atoms with Crippen LogP contribution in [0.4, 0.5) is 5.69 Å². The van der Waals surface area contributed by atoms with Crippen molar-refractivity contribution >= 4 is 39.3 Å². The van der Waals surface area contributed by atoms with Crippen LogP contribution >= 0.6 is 11.8 Å². The predicted molar refractivity (Wildman–Crippen MR) is 124 cm³/mol. The number of hydrogen-bond acceptors (Lipinski definition) is 7. The molecule has 0 aliphatic carbocycles. The Balaban J connectivity index is 1.60. The largest absolute Gasteiger partial charge is 0.274 e. The van der Waals surface area contributed by atoms with Gasteiger partial charge in [0.05, 0.1) is 27.1 Å². The van der Waals surface area contributed by atoms with Crippen molar-refractivity contribution in [3.05, 3.63) is 71.8 Å². The first-order chi connectivity index (χ1) is 15.7. The SMILES string of the molecule is Cc1ccc(-c2ccc(C#N)c(SC3CC(=O)N(c4ccc(S(N)(=O)=O)cc4)C3=O)n2)cc1. The molecule has 33 heavy (non-hydrogen) atoms. The molecule has 2 aromatic carbocycles. The normalized spacial score (nSPS) is 16.2. The Morgan fingerprint density at radius 3 is 2.33 bits per heavy atom. The van der Waals surface area contributed by atoms with Gasteiger partial charge in [0.25, 0.3) is 0 Å². The van der Waals surface area contributed by atoms with Crippen LogP contribution in [-0.4, -0.2) is 30.5 Å². The van der Waals surface area contributed by atoms with Crippen LogP contribution in [0.15, 0.2) is 70.6 Å². The van der Waals surface area contributed by atoms with Gasteiger partial charge in [-0.15, -0.1) is 0 Å². The summed E-state index contributed by atoms with van der Waals surface area (Å²) in [5.74, 6) is -0.881. The minimum atomic E-state index is -3.89. The number of aromatic nitrogens is 1. The van der Waals surface area contributed by atoms with Crippen molar-refractivity contribution in [3.8, 4) is 17.3 Å². The molecule has 0 spiro atoms. The summed E-state index contributed by atoms with van der Waals surface area (Å²) in [5, 5.41) is 14.2. The number of nitrogens with two attached hydrogens (primary N) is 1. The first-order valence-corrected chi connectivity index (χ1v) is 12.2. The molecule has 1 aliphatic rings. The number of pyridine rings is 1. The van der Waals surface area contributed by atoms with Crippen molar-refractivity contribution in [1.29, 1.82) is 5.26 Å². The quantitative estimate of drug-likeness (QED) is 0.557. The highest BCUT2D eigenvalue weighted by Gasteiger charge is 2.40. The van der Waals surface area contributed by atoms with E-state index in [1.54, 1.807) is 12.1 Å². The fourth-order valence-corrected chi connectivity index (χ4v) is 5.00. The molecular formula is C23H18N4O4S2. The van der Waals surface area contributed by atoms with Crippen molar-refractivity contribution in [1.82, 2.24) is 4.98 Å². The van der Waals surface area contributed by atoms with E-state index in [9.17, 15) is 23.3 Å². The molecule has 1 unspecified atom stereocenters. The molecule has 1 aromatic heterocycles. The maximum Gasteiger partial charge on any atom is 0.247 e. The number of sulfonamides is 1. The maximum absolute atomic E-state index is 13.0. The summed E-state index contributed by atoms with van der Waals surface area (Å²) >= 11 is 1.07. The fraction of sp³-hybridized carbons (Fsp3) is 0.130. The monoisotopic (exact) mass is 478 g/mol. The molecule has 2 heterocycles. The molecule has 0 radical (unpaired) electrons. The number of anilines is 1. The van der Waals surface area contributed by atoms with Gasteiger partial charge in [0.1, 0.15) is 11.1 Å². The molecule has 8 nitrogen and oxygen atoms in total. The lowest BCUT2D eigenvalue weighted by Crippen LogP contribution is -2.31. The maximum atomic E-state index is 13.0. The second-order valence-electron chi connectivity index (χ2n) is 7.44. The van der Waals surface area contributed by atoms with Gasteiger partial charge in [0.2, 0.25) is 21.8 Å². The standard InChI is InChI=1S/C23H18N4O4S2/c1-14-2-4-15(5-3-14)19-11-6-16(13-24)22(26-19)32-20-12-21(28)27(23(20)29)17-7-9-18(10-8-17)33(25,30)31/h2-11,20H,12H2,1H3,(H2,25,30,31). The molecule has 0 bridgehead atoms. The zero-order valence-electron chi connectivity index (χ0n) is 17.4. The van der Waals surface area contributed by atoms with Crippen LogP contribution in [-0.2, 0) is 19.6 Å². The van der Waals surface area contributed by atoms with E-state index < -0.39 is 27.1 Å². The Morgan fingerprint density at radius 1 is 1.06 bits per heavy atom. The highest BCUT2D eigenvalue weighted by Crippen LogP contribution is 2.35. The summed E-state index contributed by atoms with van der Waals surface area (Å²) < 4.78 is 22.9. The van der Waals surface area contributed by atoms with E-state index >= 15 is 0 Å². The van der Waals surface area contributed by atoms with Gasteiger partial charge in [0.15, 0.2) is 0 Å². The summed E-state index contributed by atoms with van der Waals surface area (Å²) in [7, 11) is -3.89. The van der Waals surface area contributed by atoms with E-state index in [0.29, 0.717) is 16.3 Å². The fourth-order valence-electron chi connectivity index (χ4n) is 3.39. The lowest BCUT2D eigenvalue weighted by molar-refractivity contribution is -0.121. The lowest BCUT2D eigenvalue weighted by Gasteiger charge is -2.15. The Bertz CT molecular complexity index is 1400. The number of thioether (sulfide) groups is 1. The van der Waals surface area contributed by atoms with E-state index in [4.69, 9.17) is 5.14 Å². The number of imide groups is 1. The molecular weight excluding hydrogens is 460 g/mol. The minimum absolute atomic E-state index is 0.0677. The Morgan fingerprint density at radius 2 is 1.73 bits per heavy atom. The molecule has 2 amide bonds. The number of nitrogens with zero attached hydrogens (tertiary/aromatic N) is 3. The highest BCUT2D eigenvalue weighted by atomic mass is 32.2. The number of amides is 2. The summed E-state index contributed by atoms with van der Waals surface area (Å²) in [6.07, 6.45) is -0.0677. The molecule has 1 aliphatic heterocycles. The summed E-state index contributed by atoms with van der Waals surface area (Å²) in [6.45, 7) is 1.98. The van der Waals surface area contributed by atoms with Gasteiger partial charge in [-0.1, -0.05) is 41.6 Å². The van der Waals surface area contributed by atoms with Crippen molar-refractivity contribution in [2.24, 2.45) is 5.14 Å². The van der Waals surface area contributed by atoms with E-state index in [-0.39, 0.29) is 17.0 Å². The predicted octanol–water partition coefficient (Wildman–Crippen LogP) is 3.00. The van der Waals surface area contributed by atoms with Crippen LogP contribution in [0.3, 0.4) is 0 Å². The van der Waals surface area contributed by atoms with Crippen LogP contribution in [0.2, 0.25) is 0 Å². The molecule has 1 atom stereocenters. The number of rotatable bonds is 5. The molecule has 2 N–H and O–H groups in total. The minimum Gasteiger partial charge on any atom is -0.274 e. The number of aryl methyl sites for hydroxylation is 1. The molecule has 10 heteroatoms. The first kappa shape index (κ1) is 22.7. The third-order valence-corrected chi connectivity index (χ3v) is 7.23. The highest BCUT2D eigenvalue weighted by molar-refractivity contribution is 8.00. The van der Waals surface area contributed by atoms with Crippen molar-refractivity contribution in [3.63, 3.8) is 0 Å². The Hall–Kier alpha value is -3.52. The van der Waals surface area contributed by atoms with Crippen molar-refractivity contribution in [2.45, 2.75) is 28.5 Å². The topological polar surface area (TPSA) is 134 Å². The van der Waals surface area contributed by atoms with Crippen molar-refractivity contribution < 1.29 is 18.0 Å². The number of benzene rings is 2. The second kappa shape index (κ2) is 8.78. The number of carbonyl (C=O) groups excluding carboxylic acids is 2. The molecule has 1 saturated heterocycles. The van der Waals surface area contributed by atoms with Gasteiger partial charge in [-0.3, -0.25) is 9.59 Å². The van der Waals surface area contributed by atoms with Gasteiger partial charge < -0.3 is 0 Å². The first-order valence-electron chi connectivity index (χ1n) is 9.82. The zero-order valence-corrected chi connectivity index (χ0v) is 19.1. The van der Waals surface area contributed by atoms with E-state index in [1.807, 2.05) is 31.2 Å². The molecule has 166 valence electrons. The van der Waals surface area contributed by atoms with Crippen LogP contribution in [0, 0.1) is 18.3 Å². The third kappa shape index (κ3) is 4.66. The molecule has 4 rings (SSSR count). The van der Waals surface area contributed by atoms with Gasteiger partial charge >= 0.3 is 0 Å². The average Bonchev–Trinajstić information content (AvgIpc) is 3.06. The average molecular weight is 479 g/mol. The lowest BCUT2D eigenvalue weighted by atomic mass is 10.1. The Labute approximate surface area is 195 Å².